The van der Waals surface area contributed by atoms with Gasteiger partial charge in [0.1, 0.15) is 5.78 Å². The van der Waals surface area contributed by atoms with Gasteiger partial charge in [-0.25, -0.2) is 4.79 Å². The van der Waals surface area contributed by atoms with Crippen LogP contribution in [0.3, 0.4) is 0 Å². The molecule has 0 aromatic heterocycles. The standard InChI is InChI=1S/C27H48N4O7S/c1-2-21(32)8-5-11-25(34)29-13-7-15-37-17-19-38-18-16-36-14-6-12-28-24(33)10-4-3-9-23-26-22(20-39-23)30-27(35)31-26/h22-23,26H,2-20H2,1H3,(H,28,33)(H,29,34)(H2,30,31,35)/t22-,23+,26-/m0/s1. The van der Waals surface area contributed by atoms with Crippen molar-refractivity contribution in [1.82, 2.24) is 21.3 Å². The first-order chi connectivity index (χ1) is 19.0. The van der Waals surface area contributed by atoms with Gasteiger partial charge in [0.05, 0.1) is 38.5 Å². The van der Waals surface area contributed by atoms with Crippen LogP contribution >= 0.6 is 11.8 Å². The minimum atomic E-state index is -0.0571. The predicted molar refractivity (Wildman–Crippen MR) is 151 cm³/mol. The van der Waals surface area contributed by atoms with E-state index < -0.39 is 0 Å². The minimum Gasteiger partial charge on any atom is -0.379 e. The fraction of sp³-hybridized carbons (Fsp3) is 0.852. The highest BCUT2D eigenvalue weighted by atomic mass is 32.2. The van der Waals surface area contributed by atoms with E-state index in [0.717, 1.165) is 37.9 Å². The highest BCUT2D eigenvalue weighted by molar-refractivity contribution is 8.00. The molecule has 0 aliphatic carbocycles. The third-order valence-electron chi connectivity index (χ3n) is 6.65. The maximum Gasteiger partial charge on any atom is 0.315 e. The van der Waals surface area contributed by atoms with Crippen molar-refractivity contribution >= 4 is 35.4 Å². The van der Waals surface area contributed by atoms with E-state index in [2.05, 4.69) is 21.3 Å². The maximum atomic E-state index is 12.0. The molecule has 11 nitrogen and oxygen atoms in total. The van der Waals surface area contributed by atoms with Crippen LogP contribution in [0.15, 0.2) is 0 Å². The molecule has 0 bridgehead atoms. The first-order valence-electron chi connectivity index (χ1n) is 14.5. The summed E-state index contributed by atoms with van der Waals surface area (Å²) in [6, 6.07) is 0.426. The summed E-state index contributed by atoms with van der Waals surface area (Å²) >= 11 is 1.91. The average Bonchev–Trinajstić information content (AvgIpc) is 3.47. The summed E-state index contributed by atoms with van der Waals surface area (Å²) in [6.45, 7) is 6.10. The van der Waals surface area contributed by atoms with E-state index in [4.69, 9.17) is 14.2 Å². The number of unbranched alkanes of at least 4 members (excludes halogenated alkanes) is 1. The Morgan fingerprint density at radius 1 is 0.795 bits per heavy atom. The number of hydrogen-bond donors (Lipinski definition) is 4. The summed E-state index contributed by atoms with van der Waals surface area (Å²) < 4.78 is 16.5. The van der Waals surface area contributed by atoms with E-state index in [0.29, 0.717) is 90.1 Å². The quantitative estimate of drug-likeness (QED) is 0.101. The van der Waals surface area contributed by atoms with Gasteiger partial charge in [0, 0.05) is 63.0 Å². The number of Topliss-reactive ketones (excluding diaryl/α,β-unsaturated/α-hetero) is 1. The van der Waals surface area contributed by atoms with Gasteiger partial charge >= 0.3 is 6.03 Å². The lowest BCUT2D eigenvalue weighted by atomic mass is 10.0. The third kappa shape index (κ3) is 15.5. The first-order valence-corrected chi connectivity index (χ1v) is 15.5. The number of rotatable bonds is 24. The van der Waals surface area contributed by atoms with Crippen LogP contribution < -0.4 is 21.3 Å². The van der Waals surface area contributed by atoms with Gasteiger partial charge in [0.15, 0.2) is 0 Å². The maximum absolute atomic E-state index is 12.0. The van der Waals surface area contributed by atoms with Crippen molar-refractivity contribution in [1.29, 1.82) is 0 Å². The van der Waals surface area contributed by atoms with E-state index in [9.17, 15) is 19.2 Å². The Bertz CT molecular complexity index is 743. The number of thioether (sulfide) groups is 1. The van der Waals surface area contributed by atoms with Crippen molar-refractivity contribution in [2.45, 2.75) is 88.5 Å². The smallest absolute Gasteiger partial charge is 0.315 e. The Hall–Kier alpha value is -1.89. The van der Waals surface area contributed by atoms with Gasteiger partial charge in [-0.1, -0.05) is 13.3 Å². The Kier molecular flexibility index (Phi) is 17.9. The fourth-order valence-corrected chi connectivity index (χ4v) is 5.96. The normalized spacial score (nSPS) is 19.8. The molecule has 4 N–H and O–H groups in total. The van der Waals surface area contributed by atoms with E-state index in [1.165, 1.54) is 0 Å². The SMILES string of the molecule is CCC(=O)CCCC(=O)NCCCOCCOCCOCCCNC(=O)CCCC[C@H]1SC[C@@H]2NC(=O)N[C@@H]21. The van der Waals surface area contributed by atoms with Crippen molar-refractivity contribution < 1.29 is 33.4 Å². The number of carbonyl (C=O) groups is 4. The van der Waals surface area contributed by atoms with Crippen molar-refractivity contribution in [3.8, 4) is 0 Å². The van der Waals surface area contributed by atoms with E-state index in [1.807, 2.05) is 18.7 Å². The largest absolute Gasteiger partial charge is 0.379 e. The van der Waals surface area contributed by atoms with Crippen molar-refractivity contribution in [2.75, 3.05) is 58.5 Å². The minimum absolute atomic E-state index is 0.0205. The average molecular weight is 573 g/mol. The van der Waals surface area contributed by atoms with Crippen LogP contribution in [0.25, 0.3) is 0 Å². The molecule has 12 heteroatoms. The van der Waals surface area contributed by atoms with Crippen LogP contribution in [0.5, 0.6) is 0 Å². The zero-order valence-electron chi connectivity index (χ0n) is 23.4. The third-order valence-corrected chi connectivity index (χ3v) is 8.16. The molecule has 3 atom stereocenters. The van der Waals surface area contributed by atoms with E-state index in [1.54, 1.807) is 0 Å². The number of carbonyl (C=O) groups excluding carboxylic acids is 4. The topological polar surface area (TPSA) is 144 Å². The lowest BCUT2D eigenvalue weighted by Crippen LogP contribution is -2.36. The zero-order chi connectivity index (χ0) is 28.1. The van der Waals surface area contributed by atoms with Gasteiger partial charge in [0.2, 0.25) is 11.8 Å². The Morgan fingerprint density at radius 3 is 2.00 bits per heavy atom. The molecule has 2 heterocycles. The van der Waals surface area contributed by atoms with Crippen LogP contribution in [0.1, 0.15) is 71.1 Å². The molecular formula is C27H48N4O7S. The lowest BCUT2D eigenvalue weighted by molar-refractivity contribution is -0.122. The molecule has 2 rings (SSSR count). The van der Waals surface area contributed by atoms with Gasteiger partial charge in [-0.15, -0.1) is 0 Å². The zero-order valence-corrected chi connectivity index (χ0v) is 24.2. The molecule has 2 saturated heterocycles. The van der Waals surface area contributed by atoms with E-state index >= 15 is 0 Å². The molecule has 2 aliphatic rings. The highest BCUT2D eigenvalue weighted by Crippen LogP contribution is 2.33. The van der Waals surface area contributed by atoms with Crippen molar-refractivity contribution in [3.05, 3.63) is 0 Å². The molecule has 4 amide bonds. The summed E-state index contributed by atoms with van der Waals surface area (Å²) in [7, 11) is 0. The molecule has 0 radical (unpaired) electrons. The Labute approximate surface area is 237 Å². The molecule has 0 spiro atoms. The van der Waals surface area contributed by atoms with Crippen LogP contribution in [0.2, 0.25) is 0 Å². The first kappa shape index (κ1) is 33.3. The second-order valence-corrected chi connectivity index (χ2v) is 11.1. The van der Waals surface area contributed by atoms with Gasteiger partial charge in [-0.3, -0.25) is 14.4 Å². The number of urea groups is 1. The highest BCUT2D eigenvalue weighted by Gasteiger charge is 2.42. The number of nitrogens with one attached hydrogen (secondary N) is 4. The molecule has 39 heavy (non-hydrogen) atoms. The summed E-state index contributed by atoms with van der Waals surface area (Å²) in [4.78, 5) is 46.3. The molecule has 0 saturated carbocycles. The number of fused-ring (bicyclic) bond motifs is 1. The molecule has 224 valence electrons. The Balaban J connectivity index is 1.25. The summed E-state index contributed by atoms with van der Waals surface area (Å²) in [5.74, 6) is 1.22. The summed E-state index contributed by atoms with van der Waals surface area (Å²) in [5.41, 5.74) is 0. The monoisotopic (exact) mass is 572 g/mol. The van der Waals surface area contributed by atoms with Crippen molar-refractivity contribution in [3.63, 3.8) is 0 Å². The van der Waals surface area contributed by atoms with Crippen LogP contribution in [0, 0.1) is 0 Å². The molecule has 0 unspecified atom stereocenters. The van der Waals surface area contributed by atoms with Gasteiger partial charge in [0.25, 0.3) is 0 Å². The van der Waals surface area contributed by atoms with E-state index in [-0.39, 0.29) is 35.7 Å². The molecule has 0 aromatic rings. The second kappa shape index (κ2) is 20.9. The molecule has 0 aromatic carbocycles. The molecule has 2 aliphatic heterocycles. The number of amides is 4. The van der Waals surface area contributed by atoms with Gasteiger partial charge < -0.3 is 35.5 Å². The number of hydrogen-bond acceptors (Lipinski definition) is 8. The van der Waals surface area contributed by atoms with Crippen LogP contribution in [-0.4, -0.2) is 99.4 Å². The molecular weight excluding hydrogens is 524 g/mol. The number of ketones is 1. The van der Waals surface area contributed by atoms with Gasteiger partial charge in [-0.2, -0.15) is 11.8 Å². The van der Waals surface area contributed by atoms with Crippen LogP contribution in [-0.2, 0) is 28.6 Å². The summed E-state index contributed by atoms with van der Waals surface area (Å²) in [6.07, 6.45) is 6.90. The van der Waals surface area contributed by atoms with Crippen LogP contribution in [0.4, 0.5) is 4.79 Å². The second-order valence-electron chi connectivity index (χ2n) is 9.86. The fourth-order valence-electron chi connectivity index (χ4n) is 4.42. The predicted octanol–water partition coefficient (Wildman–Crippen LogP) is 1.92. The summed E-state index contributed by atoms with van der Waals surface area (Å²) in [5, 5.41) is 12.2. The Morgan fingerprint density at radius 2 is 1.38 bits per heavy atom. The molecule has 2 fully saturated rings. The van der Waals surface area contributed by atoms with Crippen molar-refractivity contribution in [2.24, 2.45) is 0 Å². The lowest BCUT2D eigenvalue weighted by Gasteiger charge is -2.16. The van der Waals surface area contributed by atoms with Gasteiger partial charge in [-0.05, 0) is 32.1 Å². The number of ether oxygens (including phenoxy) is 3.